The largest absolute Gasteiger partial charge is 0.480 e. The van der Waals surface area contributed by atoms with Crippen molar-refractivity contribution in [2.24, 2.45) is 7.05 Å². The summed E-state index contributed by atoms with van der Waals surface area (Å²) in [6.45, 7) is 1.50. The van der Waals surface area contributed by atoms with Crippen molar-refractivity contribution in [3.8, 4) is 5.75 Å². The Labute approximate surface area is 141 Å². The van der Waals surface area contributed by atoms with Gasteiger partial charge in [-0.15, -0.1) is 10.2 Å². The lowest BCUT2D eigenvalue weighted by Crippen LogP contribution is -2.47. The molecule has 126 valence electrons. The van der Waals surface area contributed by atoms with Gasteiger partial charge in [0.15, 0.2) is 6.10 Å². The molecule has 6 heteroatoms. The van der Waals surface area contributed by atoms with Crippen LogP contribution in [0.4, 0.5) is 0 Å². The van der Waals surface area contributed by atoms with Gasteiger partial charge in [-0.25, -0.2) is 0 Å². The zero-order valence-electron chi connectivity index (χ0n) is 13.9. The molecular weight excluding hydrogens is 304 g/mol. The number of nitrogens with zero attached hydrogens (tertiary/aromatic N) is 4. The van der Waals surface area contributed by atoms with Crippen molar-refractivity contribution in [3.05, 3.63) is 42.0 Å². The fourth-order valence-electron chi connectivity index (χ4n) is 3.75. The summed E-state index contributed by atoms with van der Waals surface area (Å²) in [5, 5.41) is 8.19. The van der Waals surface area contributed by atoms with Gasteiger partial charge in [0, 0.05) is 26.1 Å². The molecule has 0 saturated carbocycles. The van der Waals surface area contributed by atoms with Gasteiger partial charge in [0.05, 0.1) is 0 Å². The Hall–Kier alpha value is -2.37. The summed E-state index contributed by atoms with van der Waals surface area (Å²) < 4.78 is 7.92. The van der Waals surface area contributed by atoms with Crippen LogP contribution in [0.25, 0.3) is 0 Å². The van der Waals surface area contributed by atoms with Crippen LogP contribution in [0.2, 0.25) is 0 Å². The number of aromatic nitrogens is 3. The molecule has 4 rings (SSSR count). The highest BCUT2D eigenvalue weighted by atomic mass is 16.5. The number of hydrogen-bond acceptors (Lipinski definition) is 4. The second-order valence-corrected chi connectivity index (χ2v) is 6.68. The quantitative estimate of drug-likeness (QED) is 0.846. The second-order valence-electron chi connectivity index (χ2n) is 6.68. The van der Waals surface area contributed by atoms with Crippen LogP contribution >= 0.6 is 0 Å². The van der Waals surface area contributed by atoms with Gasteiger partial charge in [0.2, 0.25) is 0 Å². The molecule has 2 aliphatic rings. The predicted molar refractivity (Wildman–Crippen MR) is 88.7 cm³/mol. The smallest absolute Gasteiger partial charge is 0.263 e. The molecule has 0 aliphatic carbocycles. The average Bonchev–Trinajstić information content (AvgIpc) is 3.07. The molecule has 2 aromatic rings. The first-order chi connectivity index (χ1) is 11.7. The summed E-state index contributed by atoms with van der Waals surface area (Å²) in [5.41, 5.74) is 1.19. The molecule has 6 nitrogen and oxygen atoms in total. The van der Waals surface area contributed by atoms with Gasteiger partial charge in [0.25, 0.3) is 5.91 Å². The fraction of sp³-hybridized carbons (Fsp3) is 0.500. The Kier molecular flexibility index (Phi) is 3.96. The van der Waals surface area contributed by atoms with Crippen LogP contribution in [-0.4, -0.2) is 44.8 Å². The molecule has 2 atom stereocenters. The number of benzene rings is 1. The number of likely N-dealkylation sites (tertiary alicyclic amines) is 1. The predicted octanol–water partition coefficient (Wildman–Crippen LogP) is 1.91. The zero-order chi connectivity index (χ0) is 16.5. The van der Waals surface area contributed by atoms with Crippen LogP contribution in [0.15, 0.2) is 30.6 Å². The summed E-state index contributed by atoms with van der Waals surface area (Å²) in [5.74, 6) is 2.17. The molecule has 1 amide bonds. The minimum absolute atomic E-state index is 0.108. The molecule has 2 unspecified atom stereocenters. The van der Waals surface area contributed by atoms with Gasteiger partial charge in [-0.1, -0.05) is 18.2 Å². The topological polar surface area (TPSA) is 60.2 Å². The number of rotatable bonds is 2. The van der Waals surface area contributed by atoms with Gasteiger partial charge >= 0.3 is 0 Å². The standard InChI is InChI=1S/C18H22N4O2/c1-21-12-19-20-17(21)14-6-4-10-22(11-14)18(23)16-9-8-13-5-2-3-7-15(13)24-16/h2-3,5,7,12,14,16H,4,6,8-11H2,1H3. The summed E-state index contributed by atoms with van der Waals surface area (Å²) in [4.78, 5) is 14.9. The Morgan fingerprint density at radius 3 is 3.00 bits per heavy atom. The van der Waals surface area contributed by atoms with Crippen molar-refractivity contribution < 1.29 is 9.53 Å². The van der Waals surface area contributed by atoms with E-state index in [1.54, 1.807) is 6.33 Å². The van der Waals surface area contributed by atoms with Crippen LogP contribution in [0.5, 0.6) is 5.75 Å². The van der Waals surface area contributed by atoms with E-state index in [2.05, 4.69) is 16.3 Å². The Morgan fingerprint density at radius 2 is 2.17 bits per heavy atom. The molecule has 0 radical (unpaired) electrons. The number of carbonyl (C=O) groups is 1. The Morgan fingerprint density at radius 1 is 1.29 bits per heavy atom. The summed E-state index contributed by atoms with van der Waals surface area (Å²) in [7, 11) is 1.96. The lowest BCUT2D eigenvalue weighted by molar-refractivity contribution is -0.140. The SMILES string of the molecule is Cn1cnnc1C1CCCN(C(=O)C2CCc3ccccc3O2)C1. The van der Waals surface area contributed by atoms with Crippen molar-refractivity contribution in [1.82, 2.24) is 19.7 Å². The van der Waals surface area contributed by atoms with Crippen LogP contribution < -0.4 is 4.74 Å². The van der Waals surface area contributed by atoms with Crippen LogP contribution in [-0.2, 0) is 18.3 Å². The minimum atomic E-state index is -0.363. The highest BCUT2D eigenvalue weighted by molar-refractivity contribution is 5.81. The van der Waals surface area contributed by atoms with Gasteiger partial charge in [-0.2, -0.15) is 0 Å². The first-order valence-corrected chi connectivity index (χ1v) is 8.59. The molecule has 24 heavy (non-hydrogen) atoms. The number of fused-ring (bicyclic) bond motifs is 1. The number of para-hydroxylation sites is 1. The van der Waals surface area contributed by atoms with E-state index in [0.717, 1.165) is 43.8 Å². The van der Waals surface area contributed by atoms with E-state index in [1.807, 2.05) is 34.7 Å². The maximum Gasteiger partial charge on any atom is 0.263 e. The fourth-order valence-corrected chi connectivity index (χ4v) is 3.75. The van der Waals surface area contributed by atoms with E-state index in [9.17, 15) is 4.79 Å². The van der Waals surface area contributed by atoms with E-state index >= 15 is 0 Å². The third-order valence-corrected chi connectivity index (χ3v) is 5.04. The minimum Gasteiger partial charge on any atom is -0.480 e. The van der Waals surface area contributed by atoms with E-state index in [1.165, 1.54) is 5.56 Å². The van der Waals surface area contributed by atoms with Crippen molar-refractivity contribution in [2.45, 2.75) is 37.7 Å². The van der Waals surface area contributed by atoms with Gasteiger partial charge in [0.1, 0.15) is 17.9 Å². The van der Waals surface area contributed by atoms with E-state index in [4.69, 9.17) is 4.74 Å². The Bertz CT molecular complexity index is 742. The second kappa shape index (κ2) is 6.26. The van der Waals surface area contributed by atoms with E-state index < -0.39 is 0 Å². The summed E-state index contributed by atoms with van der Waals surface area (Å²) in [6, 6.07) is 7.99. The van der Waals surface area contributed by atoms with Crippen LogP contribution in [0, 0.1) is 0 Å². The zero-order valence-corrected chi connectivity index (χ0v) is 13.9. The van der Waals surface area contributed by atoms with Crippen molar-refractivity contribution in [2.75, 3.05) is 13.1 Å². The lowest BCUT2D eigenvalue weighted by Gasteiger charge is -2.35. The highest BCUT2D eigenvalue weighted by Crippen LogP contribution is 2.30. The molecule has 0 bridgehead atoms. The van der Waals surface area contributed by atoms with Crippen molar-refractivity contribution in [3.63, 3.8) is 0 Å². The normalized spacial score (nSPS) is 23.5. The van der Waals surface area contributed by atoms with Gasteiger partial charge < -0.3 is 14.2 Å². The first kappa shape index (κ1) is 15.2. The number of amides is 1. The molecule has 1 aromatic carbocycles. The third kappa shape index (κ3) is 2.77. The average molecular weight is 326 g/mol. The summed E-state index contributed by atoms with van der Waals surface area (Å²) in [6.07, 6.45) is 5.04. The molecule has 1 aromatic heterocycles. The molecule has 2 aliphatic heterocycles. The van der Waals surface area contributed by atoms with Crippen LogP contribution in [0.1, 0.15) is 36.6 Å². The van der Waals surface area contributed by atoms with Crippen LogP contribution in [0.3, 0.4) is 0 Å². The number of piperidine rings is 1. The summed E-state index contributed by atoms with van der Waals surface area (Å²) >= 11 is 0. The van der Waals surface area contributed by atoms with E-state index in [-0.39, 0.29) is 17.9 Å². The maximum atomic E-state index is 12.9. The highest BCUT2D eigenvalue weighted by Gasteiger charge is 2.33. The number of aryl methyl sites for hydroxylation is 2. The van der Waals surface area contributed by atoms with Gasteiger partial charge in [-0.3, -0.25) is 4.79 Å². The molecule has 3 heterocycles. The number of carbonyl (C=O) groups excluding carboxylic acids is 1. The lowest BCUT2D eigenvalue weighted by atomic mass is 9.95. The number of ether oxygens (including phenoxy) is 1. The van der Waals surface area contributed by atoms with Gasteiger partial charge in [-0.05, 0) is 37.3 Å². The molecule has 0 spiro atoms. The first-order valence-electron chi connectivity index (χ1n) is 8.59. The molecule has 0 N–H and O–H groups in total. The maximum absolute atomic E-state index is 12.9. The third-order valence-electron chi connectivity index (χ3n) is 5.04. The van der Waals surface area contributed by atoms with Crippen molar-refractivity contribution in [1.29, 1.82) is 0 Å². The molecule has 1 saturated heterocycles. The number of hydrogen-bond donors (Lipinski definition) is 0. The monoisotopic (exact) mass is 326 g/mol. The Balaban J connectivity index is 1.46. The van der Waals surface area contributed by atoms with E-state index in [0.29, 0.717) is 6.54 Å². The molecule has 1 fully saturated rings. The molecular formula is C18H22N4O2. The van der Waals surface area contributed by atoms with Crippen molar-refractivity contribution >= 4 is 5.91 Å².